The van der Waals surface area contributed by atoms with Crippen molar-refractivity contribution >= 4 is 23.3 Å². The molecule has 0 fully saturated rings. The van der Waals surface area contributed by atoms with Crippen molar-refractivity contribution in [3.8, 4) is 0 Å². The van der Waals surface area contributed by atoms with Crippen LogP contribution in [0.4, 0.5) is 5.82 Å². The monoisotopic (exact) mass is 255 g/mol. The molecule has 0 aliphatic carbocycles. The van der Waals surface area contributed by atoms with Gasteiger partial charge >= 0.3 is 0 Å². The SMILES string of the molecule is CCNc1ncc(C(=O)NC(C)(C)C)cc1Cl. The highest BCUT2D eigenvalue weighted by Gasteiger charge is 2.16. The smallest absolute Gasteiger partial charge is 0.253 e. The first-order chi connectivity index (χ1) is 7.83. The summed E-state index contributed by atoms with van der Waals surface area (Å²) in [7, 11) is 0. The summed E-state index contributed by atoms with van der Waals surface area (Å²) in [6, 6.07) is 1.62. The summed E-state index contributed by atoms with van der Waals surface area (Å²) in [4.78, 5) is 16.0. The highest BCUT2D eigenvalue weighted by Crippen LogP contribution is 2.20. The number of rotatable bonds is 3. The van der Waals surface area contributed by atoms with E-state index in [2.05, 4.69) is 15.6 Å². The molecule has 1 aromatic heterocycles. The molecule has 1 aromatic rings. The zero-order chi connectivity index (χ0) is 13.1. The quantitative estimate of drug-likeness (QED) is 0.873. The fraction of sp³-hybridized carbons (Fsp3) is 0.500. The van der Waals surface area contributed by atoms with Crippen molar-refractivity contribution in [2.24, 2.45) is 0 Å². The van der Waals surface area contributed by atoms with Crippen LogP contribution >= 0.6 is 11.6 Å². The molecule has 0 saturated carbocycles. The first-order valence-electron chi connectivity index (χ1n) is 5.55. The third-order valence-corrected chi connectivity index (χ3v) is 2.22. The third kappa shape index (κ3) is 4.23. The molecule has 0 saturated heterocycles. The zero-order valence-electron chi connectivity index (χ0n) is 10.6. The van der Waals surface area contributed by atoms with Crippen molar-refractivity contribution in [1.29, 1.82) is 0 Å². The van der Waals surface area contributed by atoms with Gasteiger partial charge in [0.2, 0.25) is 0 Å². The normalized spacial score (nSPS) is 11.1. The Labute approximate surface area is 107 Å². The van der Waals surface area contributed by atoms with Gasteiger partial charge < -0.3 is 10.6 Å². The van der Waals surface area contributed by atoms with Crippen molar-refractivity contribution in [3.05, 3.63) is 22.8 Å². The minimum absolute atomic E-state index is 0.171. The number of halogens is 1. The summed E-state index contributed by atoms with van der Waals surface area (Å²) >= 11 is 6.02. The van der Waals surface area contributed by atoms with Gasteiger partial charge in [-0.25, -0.2) is 4.98 Å². The molecule has 0 bridgehead atoms. The van der Waals surface area contributed by atoms with Crippen LogP contribution in [0.2, 0.25) is 5.02 Å². The van der Waals surface area contributed by atoms with Crippen molar-refractivity contribution in [1.82, 2.24) is 10.3 Å². The fourth-order valence-electron chi connectivity index (χ4n) is 1.27. The first-order valence-corrected chi connectivity index (χ1v) is 5.93. The number of hydrogen-bond acceptors (Lipinski definition) is 3. The maximum Gasteiger partial charge on any atom is 0.253 e. The molecule has 0 aliphatic rings. The van der Waals surface area contributed by atoms with E-state index in [1.807, 2.05) is 27.7 Å². The van der Waals surface area contributed by atoms with Gasteiger partial charge in [0.05, 0.1) is 10.6 Å². The molecule has 17 heavy (non-hydrogen) atoms. The van der Waals surface area contributed by atoms with Gasteiger partial charge in [0.25, 0.3) is 5.91 Å². The third-order valence-electron chi connectivity index (χ3n) is 1.94. The Morgan fingerprint density at radius 2 is 2.12 bits per heavy atom. The van der Waals surface area contributed by atoms with Crippen LogP contribution in [0, 0.1) is 0 Å². The molecule has 1 amide bonds. The Morgan fingerprint density at radius 1 is 1.47 bits per heavy atom. The highest BCUT2D eigenvalue weighted by atomic mass is 35.5. The van der Waals surface area contributed by atoms with Crippen molar-refractivity contribution in [3.63, 3.8) is 0 Å². The van der Waals surface area contributed by atoms with E-state index in [4.69, 9.17) is 11.6 Å². The summed E-state index contributed by atoms with van der Waals surface area (Å²) in [6.45, 7) is 8.46. The number of carbonyl (C=O) groups is 1. The molecule has 1 heterocycles. The van der Waals surface area contributed by atoms with Gasteiger partial charge in [0.1, 0.15) is 5.82 Å². The maximum atomic E-state index is 11.9. The highest BCUT2D eigenvalue weighted by molar-refractivity contribution is 6.33. The fourth-order valence-corrected chi connectivity index (χ4v) is 1.51. The average molecular weight is 256 g/mol. The Bertz CT molecular complexity index is 413. The standard InChI is InChI=1S/C12H18ClN3O/c1-5-14-10-9(13)6-8(7-15-10)11(17)16-12(2,3)4/h6-7H,5H2,1-4H3,(H,14,15)(H,16,17). The van der Waals surface area contributed by atoms with Crippen LogP contribution < -0.4 is 10.6 Å². The molecule has 4 nitrogen and oxygen atoms in total. The molecule has 94 valence electrons. The molecule has 5 heteroatoms. The van der Waals surface area contributed by atoms with Gasteiger partial charge in [-0.15, -0.1) is 0 Å². The minimum Gasteiger partial charge on any atom is -0.369 e. The lowest BCUT2D eigenvalue weighted by Gasteiger charge is -2.20. The molecule has 2 N–H and O–H groups in total. The predicted octanol–water partition coefficient (Wildman–Crippen LogP) is 2.70. The van der Waals surface area contributed by atoms with Gasteiger partial charge in [0, 0.05) is 18.3 Å². The van der Waals surface area contributed by atoms with Crippen molar-refractivity contribution in [2.45, 2.75) is 33.2 Å². The van der Waals surface area contributed by atoms with E-state index in [1.165, 1.54) is 6.20 Å². The van der Waals surface area contributed by atoms with E-state index in [1.54, 1.807) is 6.07 Å². The van der Waals surface area contributed by atoms with Gasteiger partial charge in [-0.05, 0) is 33.8 Å². The molecule has 0 radical (unpaired) electrons. The number of nitrogens with one attached hydrogen (secondary N) is 2. The molecule has 0 aliphatic heterocycles. The van der Waals surface area contributed by atoms with E-state index < -0.39 is 0 Å². The summed E-state index contributed by atoms with van der Waals surface area (Å²) in [5.74, 6) is 0.427. The Kier molecular flexibility index (Phi) is 4.34. The van der Waals surface area contributed by atoms with Crippen LogP contribution in [0.5, 0.6) is 0 Å². The second kappa shape index (κ2) is 5.36. The van der Waals surface area contributed by atoms with Gasteiger partial charge in [-0.1, -0.05) is 11.6 Å². The minimum atomic E-state index is -0.274. The molecular formula is C12H18ClN3O. The lowest BCUT2D eigenvalue weighted by Crippen LogP contribution is -2.40. The van der Waals surface area contributed by atoms with Crippen LogP contribution in [-0.2, 0) is 0 Å². The summed E-state index contributed by atoms with van der Waals surface area (Å²) in [5, 5.41) is 6.32. The van der Waals surface area contributed by atoms with Crippen LogP contribution in [0.25, 0.3) is 0 Å². The van der Waals surface area contributed by atoms with Crippen molar-refractivity contribution in [2.75, 3.05) is 11.9 Å². The Morgan fingerprint density at radius 3 is 2.59 bits per heavy atom. The van der Waals surface area contributed by atoms with Crippen LogP contribution in [0.3, 0.4) is 0 Å². The number of aromatic nitrogens is 1. The molecule has 0 spiro atoms. The zero-order valence-corrected chi connectivity index (χ0v) is 11.4. The topological polar surface area (TPSA) is 54.0 Å². The number of hydrogen-bond donors (Lipinski definition) is 2. The van der Waals surface area contributed by atoms with Gasteiger partial charge in [-0.2, -0.15) is 0 Å². The van der Waals surface area contributed by atoms with E-state index in [0.717, 1.165) is 6.54 Å². The number of amides is 1. The number of nitrogens with zero attached hydrogens (tertiary/aromatic N) is 1. The lowest BCUT2D eigenvalue weighted by molar-refractivity contribution is 0.0919. The Balaban J connectivity index is 2.86. The van der Waals surface area contributed by atoms with E-state index >= 15 is 0 Å². The van der Waals surface area contributed by atoms with Crippen molar-refractivity contribution < 1.29 is 4.79 Å². The van der Waals surface area contributed by atoms with Crippen LogP contribution in [0.15, 0.2) is 12.3 Å². The average Bonchev–Trinajstić information content (AvgIpc) is 2.18. The van der Waals surface area contributed by atoms with E-state index in [-0.39, 0.29) is 11.4 Å². The summed E-state index contributed by atoms with van der Waals surface area (Å²) < 4.78 is 0. The van der Waals surface area contributed by atoms with Gasteiger partial charge in [0.15, 0.2) is 0 Å². The van der Waals surface area contributed by atoms with E-state index in [9.17, 15) is 4.79 Å². The maximum absolute atomic E-state index is 11.9. The van der Waals surface area contributed by atoms with Crippen LogP contribution in [-0.4, -0.2) is 23.0 Å². The second-order valence-electron chi connectivity index (χ2n) is 4.79. The van der Waals surface area contributed by atoms with Crippen LogP contribution in [0.1, 0.15) is 38.1 Å². The molecule has 1 rings (SSSR count). The number of anilines is 1. The largest absolute Gasteiger partial charge is 0.369 e. The molecule has 0 aromatic carbocycles. The Hall–Kier alpha value is -1.29. The van der Waals surface area contributed by atoms with E-state index in [0.29, 0.717) is 16.4 Å². The lowest BCUT2D eigenvalue weighted by atomic mass is 10.1. The molecular weight excluding hydrogens is 238 g/mol. The van der Waals surface area contributed by atoms with Gasteiger partial charge in [-0.3, -0.25) is 4.79 Å². The first kappa shape index (κ1) is 13.8. The summed E-state index contributed by atoms with van der Waals surface area (Å²) in [5.41, 5.74) is 0.191. The number of carbonyl (C=O) groups excluding carboxylic acids is 1. The molecule has 0 unspecified atom stereocenters. The predicted molar refractivity (Wildman–Crippen MR) is 70.6 cm³/mol. The second-order valence-corrected chi connectivity index (χ2v) is 5.20. The summed E-state index contributed by atoms with van der Waals surface area (Å²) in [6.07, 6.45) is 1.52. The number of pyridine rings is 1. The molecule has 0 atom stereocenters.